The Morgan fingerprint density at radius 2 is 1.74 bits per heavy atom. The van der Waals surface area contributed by atoms with Gasteiger partial charge in [0.1, 0.15) is 5.82 Å². The van der Waals surface area contributed by atoms with Crippen molar-refractivity contribution in [3.63, 3.8) is 0 Å². The minimum absolute atomic E-state index is 0.289. The van der Waals surface area contributed by atoms with Gasteiger partial charge in [0.25, 0.3) is 0 Å². The highest BCUT2D eigenvalue weighted by atomic mass is 32.2. The van der Waals surface area contributed by atoms with Crippen molar-refractivity contribution in [2.45, 2.75) is 36.7 Å². The normalized spacial score (nSPS) is 12.5. The third-order valence-electron chi connectivity index (χ3n) is 2.99. The first kappa shape index (κ1) is 14.1. The second-order valence-corrected chi connectivity index (χ2v) is 5.82. The molecule has 3 heteroatoms. The number of hydrogen-bond acceptors (Lipinski definition) is 2. The van der Waals surface area contributed by atoms with Crippen LogP contribution in [-0.2, 0) is 0 Å². The molecule has 100 valence electrons. The van der Waals surface area contributed by atoms with Crippen LogP contribution in [0.3, 0.4) is 0 Å². The maximum absolute atomic E-state index is 14.0. The fourth-order valence-corrected chi connectivity index (χ4v) is 2.78. The van der Waals surface area contributed by atoms with Crippen LogP contribution >= 0.6 is 11.8 Å². The summed E-state index contributed by atoms with van der Waals surface area (Å²) >= 11 is 1.41. The number of halogens is 1. The predicted molar refractivity (Wildman–Crippen MR) is 77.1 cm³/mol. The molecule has 0 fully saturated rings. The van der Waals surface area contributed by atoms with Gasteiger partial charge in [-0.25, -0.2) is 4.39 Å². The van der Waals surface area contributed by atoms with Gasteiger partial charge in [-0.2, -0.15) is 0 Å². The summed E-state index contributed by atoms with van der Waals surface area (Å²) in [7, 11) is 0. The number of hydrogen-bond donors (Lipinski definition) is 1. The molecular weight excluding hydrogens is 259 g/mol. The zero-order valence-electron chi connectivity index (χ0n) is 11.3. The fraction of sp³-hybridized carbons (Fsp3) is 0.250. The van der Waals surface area contributed by atoms with Crippen molar-refractivity contribution < 1.29 is 9.50 Å². The average molecular weight is 276 g/mol. The molecule has 2 aromatic rings. The Hall–Kier alpha value is -1.32. The molecule has 1 nitrogen and oxygen atoms in total. The van der Waals surface area contributed by atoms with Crippen LogP contribution in [0.5, 0.6) is 0 Å². The molecule has 2 aromatic carbocycles. The van der Waals surface area contributed by atoms with Crippen molar-refractivity contribution in [3.05, 3.63) is 58.9 Å². The summed E-state index contributed by atoms with van der Waals surface area (Å²) in [5, 5.41) is 9.43. The zero-order valence-corrected chi connectivity index (χ0v) is 12.1. The largest absolute Gasteiger partial charge is 0.389 e. The van der Waals surface area contributed by atoms with E-state index in [1.807, 2.05) is 26.0 Å². The first-order valence-electron chi connectivity index (χ1n) is 6.20. The van der Waals surface area contributed by atoms with Gasteiger partial charge in [-0.1, -0.05) is 35.5 Å². The average Bonchev–Trinajstić information content (AvgIpc) is 2.34. The lowest BCUT2D eigenvalue weighted by molar-refractivity contribution is 0.198. The highest BCUT2D eigenvalue weighted by Gasteiger charge is 2.09. The maximum Gasteiger partial charge on any atom is 0.137 e. The van der Waals surface area contributed by atoms with E-state index in [9.17, 15) is 9.50 Å². The predicted octanol–water partition coefficient (Wildman–Crippen LogP) is 4.65. The zero-order chi connectivity index (χ0) is 14.0. The van der Waals surface area contributed by atoms with Crippen LogP contribution in [-0.4, -0.2) is 5.11 Å². The van der Waals surface area contributed by atoms with Gasteiger partial charge < -0.3 is 5.11 Å². The van der Waals surface area contributed by atoms with Gasteiger partial charge in [-0.3, -0.25) is 0 Å². The van der Waals surface area contributed by atoms with Crippen LogP contribution in [0.1, 0.15) is 29.7 Å². The first-order valence-corrected chi connectivity index (χ1v) is 7.01. The van der Waals surface area contributed by atoms with E-state index < -0.39 is 6.10 Å². The van der Waals surface area contributed by atoms with Crippen LogP contribution < -0.4 is 0 Å². The SMILES string of the molecule is Cc1ccc(Sc2ccc(C(C)O)cc2F)c(C)c1. The van der Waals surface area contributed by atoms with Gasteiger partial charge in [0.15, 0.2) is 0 Å². The minimum atomic E-state index is -0.644. The van der Waals surface area contributed by atoms with Crippen LogP contribution in [0.2, 0.25) is 0 Å². The van der Waals surface area contributed by atoms with Crippen molar-refractivity contribution >= 4 is 11.8 Å². The highest BCUT2D eigenvalue weighted by Crippen LogP contribution is 2.33. The molecule has 0 saturated carbocycles. The molecule has 1 atom stereocenters. The number of benzene rings is 2. The molecule has 2 rings (SSSR count). The standard InChI is InChI=1S/C16H17FOS/c1-10-4-6-15(11(2)8-10)19-16-7-5-13(12(3)18)9-14(16)17/h4-9,12,18H,1-3H3. The number of aryl methyl sites for hydroxylation is 2. The summed E-state index contributed by atoms with van der Waals surface area (Å²) in [4.78, 5) is 1.63. The fourth-order valence-electron chi connectivity index (χ4n) is 1.89. The van der Waals surface area contributed by atoms with Gasteiger partial charge >= 0.3 is 0 Å². The van der Waals surface area contributed by atoms with Crippen molar-refractivity contribution in [2.24, 2.45) is 0 Å². The molecule has 1 N–H and O–H groups in total. The van der Waals surface area contributed by atoms with E-state index in [-0.39, 0.29) is 5.82 Å². The molecule has 0 amide bonds. The molecule has 0 aliphatic carbocycles. The summed E-state index contributed by atoms with van der Waals surface area (Å²) in [6.07, 6.45) is -0.644. The van der Waals surface area contributed by atoms with Crippen molar-refractivity contribution in [1.29, 1.82) is 0 Å². The quantitative estimate of drug-likeness (QED) is 0.880. The first-order chi connectivity index (χ1) is 8.97. The Labute approximate surface area is 117 Å². The molecule has 0 radical (unpaired) electrons. The van der Waals surface area contributed by atoms with E-state index >= 15 is 0 Å². The lowest BCUT2D eigenvalue weighted by atomic mass is 10.1. The van der Waals surface area contributed by atoms with Gasteiger partial charge in [-0.05, 0) is 50.1 Å². The lowest BCUT2D eigenvalue weighted by Gasteiger charge is -2.10. The summed E-state index contributed by atoms with van der Waals surface area (Å²) < 4.78 is 14.0. The molecule has 0 saturated heterocycles. The Bertz CT molecular complexity index is 593. The lowest BCUT2D eigenvalue weighted by Crippen LogP contribution is -1.93. The molecular formula is C16H17FOS. The molecule has 0 spiro atoms. The van der Waals surface area contributed by atoms with Crippen LogP contribution in [0.25, 0.3) is 0 Å². The summed E-state index contributed by atoms with van der Waals surface area (Å²) in [5.74, 6) is -0.289. The topological polar surface area (TPSA) is 20.2 Å². The van der Waals surface area contributed by atoms with E-state index in [0.717, 1.165) is 10.5 Å². The molecule has 0 aliphatic rings. The highest BCUT2D eigenvalue weighted by molar-refractivity contribution is 7.99. The molecule has 1 unspecified atom stereocenters. The Kier molecular flexibility index (Phi) is 4.27. The summed E-state index contributed by atoms with van der Waals surface area (Å²) in [5.41, 5.74) is 2.94. The Morgan fingerprint density at radius 3 is 2.32 bits per heavy atom. The van der Waals surface area contributed by atoms with Crippen molar-refractivity contribution in [3.8, 4) is 0 Å². The minimum Gasteiger partial charge on any atom is -0.389 e. The van der Waals surface area contributed by atoms with Gasteiger partial charge in [-0.15, -0.1) is 0 Å². The van der Waals surface area contributed by atoms with Gasteiger partial charge in [0.05, 0.1) is 6.10 Å². The van der Waals surface area contributed by atoms with Gasteiger partial charge in [0.2, 0.25) is 0 Å². The van der Waals surface area contributed by atoms with E-state index in [0.29, 0.717) is 10.5 Å². The number of aliphatic hydroxyl groups is 1. The van der Waals surface area contributed by atoms with Crippen LogP contribution in [0, 0.1) is 19.7 Å². The smallest absolute Gasteiger partial charge is 0.137 e. The van der Waals surface area contributed by atoms with E-state index in [1.165, 1.54) is 23.4 Å². The Morgan fingerprint density at radius 1 is 1.05 bits per heavy atom. The number of rotatable bonds is 3. The van der Waals surface area contributed by atoms with E-state index in [1.54, 1.807) is 19.1 Å². The molecule has 0 bridgehead atoms. The maximum atomic E-state index is 14.0. The van der Waals surface area contributed by atoms with Crippen molar-refractivity contribution in [1.82, 2.24) is 0 Å². The summed E-state index contributed by atoms with van der Waals surface area (Å²) in [6.45, 7) is 5.70. The molecule has 0 aliphatic heterocycles. The third-order valence-corrected chi connectivity index (χ3v) is 4.22. The number of aliphatic hydroxyl groups excluding tert-OH is 1. The van der Waals surface area contributed by atoms with Crippen LogP contribution in [0.4, 0.5) is 4.39 Å². The van der Waals surface area contributed by atoms with Crippen LogP contribution in [0.15, 0.2) is 46.2 Å². The second-order valence-electron chi connectivity index (χ2n) is 4.74. The van der Waals surface area contributed by atoms with Crippen molar-refractivity contribution in [2.75, 3.05) is 0 Å². The molecule has 0 aromatic heterocycles. The monoisotopic (exact) mass is 276 g/mol. The molecule has 19 heavy (non-hydrogen) atoms. The van der Waals surface area contributed by atoms with E-state index in [2.05, 4.69) is 6.07 Å². The third kappa shape index (κ3) is 3.37. The van der Waals surface area contributed by atoms with Gasteiger partial charge in [0, 0.05) is 9.79 Å². The second kappa shape index (κ2) is 5.76. The molecule has 0 heterocycles. The summed E-state index contributed by atoms with van der Waals surface area (Å²) in [6, 6.07) is 11.0. The van der Waals surface area contributed by atoms with E-state index in [4.69, 9.17) is 0 Å². The Balaban J connectivity index is 2.28.